The highest BCUT2D eigenvalue weighted by Crippen LogP contribution is 2.36. The fourth-order valence-corrected chi connectivity index (χ4v) is 4.71. The topological polar surface area (TPSA) is 98.3 Å². The maximum absolute atomic E-state index is 5.68. The van der Waals surface area contributed by atoms with Gasteiger partial charge in [0, 0.05) is 35.6 Å². The van der Waals surface area contributed by atoms with Crippen LogP contribution in [0.5, 0.6) is 0 Å². The highest BCUT2D eigenvalue weighted by molar-refractivity contribution is 5.90. The molecule has 142 valence electrons. The molecular weight excluding hydrogens is 354 g/mol. The van der Waals surface area contributed by atoms with Gasteiger partial charge in [0.05, 0.1) is 17.4 Å². The lowest BCUT2D eigenvalue weighted by Gasteiger charge is -2.21. The molecular formula is C20H21N7O. The second-order valence-corrected chi connectivity index (χ2v) is 7.86. The van der Waals surface area contributed by atoms with Crippen LogP contribution in [0.4, 0.5) is 0 Å². The molecule has 8 heteroatoms. The van der Waals surface area contributed by atoms with Crippen LogP contribution in [0, 0.1) is 0 Å². The van der Waals surface area contributed by atoms with Crippen LogP contribution in [0.15, 0.2) is 29.0 Å². The van der Waals surface area contributed by atoms with Crippen molar-refractivity contribution in [3.63, 3.8) is 0 Å². The van der Waals surface area contributed by atoms with Crippen molar-refractivity contribution >= 4 is 10.9 Å². The maximum atomic E-state index is 5.68. The molecule has 6 rings (SSSR count). The molecule has 1 fully saturated rings. The average Bonchev–Trinajstić information content (AvgIpc) is 3.53. The average molecular weight is 375 g/mol. The number of aromatic amines is 1. The number of hydrogen-bond donors (Lipinski definition) is 1. The first-order valence-electron chi connectivity index (χ1n) is 10.1. The van der Waals surface area contributed by atoms with E-state index >= 15 is 0 Å². The van der Waals surface area contributed by atoms with E-state index in [-0.39, 0.29) is 5.92 Å². The van der Waals surface area contributed by atoms with Gasteiger partial charge < -0.3 is 9.51 Å². The highest BCUT2D eigenvalue weighted by Gasteiger charge is 2.31. The van der Waals surface area contributed by atoms with Crippen LogP contribution in [0.25, 0.3) is 22.4 Å². The standard InChI is InChI=1S/C20H21N7O/c1-2-4-13(3-1)27-17-11-12(5-6-16(17)24-26-27)20-23-19(25-28-20)18-14-7-9-21-15(14)8-10-22-18/h7-10,12-13,21H,1-6,11H2. The van der Waals surface area contributed by atoms with Crippen molar-refractivity contribution in [3.05, 3.63) is 41.8 Å². The lowest BCUT2D eigenvalue weighted by molar-refractivity contribution is 0.334. The minimum Gasteiger partial charge on any atom is -0.361 e. The largest absolute Gasteiger partial charge is 0.361 e. The van der Waals surface area contributed by atoms with Crippen molar-refractivity contribution in [2.45, 2.75) is 56.9 Å². The van der Waals surface area contributed by atoms with Gasteiger partial charge in [-0.2, -0.15) is 4.98 Å². The molecule has 1 unspecified atom stereocenters. The molecule has 4 aromatic rings. The second-order valence-electron chi connectivity index (χ2n) is 7.86. The van der Waals surface area contributed by atoms with Crippen LogP contribution in [0.1, 0.15) is 61.3 Å². The first-order valence-corrected chi connectivity index (χ1v) is 10.1. The molecule has 2 aliphatic rings. The number of hydrogen-bond acceptors (Lipinski definition) is 6. The molecule has 8 nitrogen and oxygen atoms in total. The van der Waals surface area contributed by atoms with Gasteiger partial charge in [0.25, 0.3) is 0 Å². The number of fused-ring (bicyclic) bond motifs is 2. The predicted molar refractivity (Wildman–Crippen MR) is 102 cm³/mol. The minimum absolute atomic E-state index is 0.206. The van der Waals surface area contributed by atoms with Gasteiger partial charge in [0.15, 0.2) is 0 Å². The van der Waals surface area contributed by atoms with Crippen LogP contribution in [-0.4, -0.2) is 35.1 Å². The van der Waals surface area contributed by atoms with Crippen molar-refractivity contribution < 1.29 is 4.52 Å². The first-order chi connectivity index (χ1) is 13.9. The van der Waals surface area contributed by atoms with Crippen LogP contribution < -0.4 is 0 Å². The van der Waals surface area contributed by atoms with E-state index < -0.39 is 0 Å². The van der Waals surface area contributed by atoms with Crippen molar-refractivity contribution in [2.75, 3.05) is 0 Å². The monoisotopic (exact) mass is 375 g/mol. The van der Waals surface area contributed by atoms with Crippen molar-refractivity contribution in [1.29, 1.82) is 0 Å². The molecule has 0 aliphatic heterocycles. The number of aryl methyl sites for hydroxylation is 1. The number of H-pyrrole nitrogens is 1. The summed E-state index contributed by atoms with van der Waals surface area (Å²) < 4.78 is 7.85. The summed E-state index contributed by atoms with van der Waals surface area (Å²) in [6.45, 7) is 0. The maximum Gasteiger partial charge on any atom is 0.230 e. The third-order valence-corrected chi connectivity index (χ3v) is 6.19. The Morgan fingerprint density at radius 1 is 1.14 bits per heavy atom. The zero-order valence-corrected chi connectivity index (χ0v) is 15.5. The summed E-state index contributed by atoms with van der Waals surface area (Å²) in [5.41, 5.74) is 4.17. The van der Waals surface area contributed by atoms with Crippen molar-refractivity contribution in [1.82, 2.24) is 35.1 Å². The lowest BCUT2D eigenvalue weighted by atomic mass is 9.89. The Morgan fingerprint density at radius 2 is 2.07 bits per heavy atom. The van der Waals surface area contributed by atoms with Crippen LogP contribution in [0.2, 0.25) is 0 Å². The van der Waals surface area contributed by atoms with E-state index in [1.54, 1.807) is 6.20 Å². The summed E-state index contributed by atoms with van der Waals surface area (Å²) in [6.07, 6.45) is 11.4. The summed E-state index contributed by atoms with van der Waals surface area (Å²) in [5.74, 6) is 1.44. The molecule has 1 atom stereocenters. The Kier molecular flexibility index (Phi) is 3.57. The molecule has 4 aromatic heterocycles. The summed E-state index contributed by atoms with van der Waals surface area (Å²) in [7, 11) is 0. The van der Waals surface area contributed by atoms with E-state index in [9.17, 15) is 0 Å². The molecule has 4 heterocycles. The molecule has 1 saturated carbocycles. The molecule has 1 N–H and O–H groups in total. The SMILES string of the molecule is c1cc2[nH]ccc2c(-c2noc(C3CCc4nnn(C5CCCC5)c4C3)n2)n1. The fraction of sp³-hybridized carbons (Fsp3) is 0.450. The Hall–Kier alpha value is -3.03. The van der Waals surface area contributed by atoms with Crippen LogP contribution >= 0.6 is 0 Å². The number of nitrogens with zero attached hydrogens (tertiary/aromatic N) is 6. The smallest absolute Gasteiger partial charge is 0.230 e. The summed E-state index contributed by atoms with van der Waals surface area (Å²) in [6, 6.07) is 4.44. The molecule has 0 saturated heterocycles. The van der Waals surface area contributed by atoms with Crippen LogP contribution in [0.3, 0.4) is 0 Å². The van der Waals surface area contributed by atoms with E-state index in [0.29, 0.717) is 17.8 Å². The predicted octanol–water partition coefficient (Wildman–Crippen LogP) is 3.59. The quantitative estimate of drug-likeness (QED) is 0.587. The van der Waals surface area contributed by atoms with Crippen molar-refractivity contribution in [3.8, 4) is 11.5 Å². The highest BCUT2D eigenvalue weighted by atomic mass is 16.5. The van der Waals surface area contributed by atoms with Gasteiger partial charge in [-0.1, -0.05) is 23.2 Å². The molecule has 28 heavy (non-hydrogen) atoms. The van der Waals surface area contributed by atoms with E-state index in [2.05, 4.69) is 30.1 Å². The summed E-state index contributed by atoms with van der Waals surface area (Å²) in [5, 5.41) is 14.2. The van der Waals surface area contributed by atoms with Gasteiger partial charge in [-0.15, -0.1) is 5.10 Å². The molecule has 0 radical (unpaired) electrons. The van der Waals surface area contributed by atoms with Gasteiger partial charge in [-0.25, -0.2) is 4.68 Å². The minimum atomic E-state index is 0.206. The van der Waals surface area contributed by atoms with E-state index in [0.717, 1.165) is 41.6 Å². The Labute approximate surface area is 161 Å². The van der Waals surface area contributed by atoms with Gasteiger partial charge in [0.1, 0.15) is 5.69 Å². The molecule has 0 amide bonds. The second kappa shape index (κ2) is 6.25. The van der Waals surface area contributed by atoms with E-state index in [1.807, 2.05) is 18.3 Å². The zero-order chi connectivity index (χ0) is 18.5. The first kappa shape index (κ1) is 16.0. The normalized spacial score (nSPS) is 20.1. The summed E-state index contributed by atoms with van der Waals surface area (Å²) >= 11 is 0. The molecule has 0 bridgehead atoms. The third-order valence-electron chi connectivity index (χ3n) is 6.19. The van der Waals surface area contributed by atoms with Crippen molar-refractivity contribution in [2.24, 2.45) is 0 Å². The number of pyridine rings is 1. The fourth-order valence-electron chi connectivity index (χ4n) is 4.71. The van der Waals surface area contributed by atoms with E-state index in [4.69, 9.17) is 9.51 Å². The number of rotatable bonds is 3. The van der Waals surface area contributed by atoms with E-state index in [1.165, 1.54) is 31.4 Å². The molecule has 0 spiro atoms. The third kappa shape index (κ3) is 2.47. The van der Waals surface area contributed by atoms with Crippen LogP contribution in [-0.2, 0) is 12.8 Å². The zero-order valence-electron chi connectivity index (χ0n) is 15.5. The van der Waals surface area contributed by atoms with Gasteiger partial charge in [-0.05, 0) is 37.8 Å². The lowest BCUT2D eigenvalue weighted by Crippen LogP contribution is -2.18. The molecule has 2 aliphatic carbocycles. The summed E-state index contributed by atoms with van der Waals surface area (Å²) in [4.78, 5) is 12.4. The Morgan fingerprint density at radius 3 is 3.00 bits per heavy atom. The number of aromatic nitrogens is 7. The van der Waals surface area contributed by atoms with Gasteiger partial charge in [0.2, 0.25) is 11.7 Å². The number of nitrogens with one attached hydrogen (secondary N) is 1. The Bertz CT molecular complexity index is 1130. The van der Waals surface area contributed by atoms with Gasteiger partial charge in [-0.3, -0.25) is 4.98 Å². The van der Waals surface area contributed by atoms with Gasteiger partial charge >= 0.3 is 0 Å². The molecule has 0 aromatic carbocycles. The Balaban J connectivity index is 1.31.